The zero-order valence-corrected chi connectivity index (χ0v) is 19.6. The van der Waals surface area contributed by atoms with Crippen molar-refractivity contribution in [1.82, 2.24) is 5.32 Å². The number of aromatic hydroxyl groups is 1. The van der Waals surface area contributed by atoms with Crippen LogP contribution in [0.2, 0.25) is 0 Å². The smallest absolute Gasteiger partial charge is 0.336 e. The van der Waals surface area contributed by atoms with Crippen LogP contribution in [-0.4, -0.2) is 48.1 Å². The maximum atomic E-state index is 13.6. The molecule has 0 saturated carbocycles. The third-order valence-corrected chi connectivity index (χ3v) is 6.70. The predicted octanol–water partition coefficient (Wildman–Crippen LogP) is 3.30. The summed E-state index contributed by atoms with van der Waals surface area (Å²) in [5, 5.41) is 13.3. The number of thioether (sulfide) groups is 1. The molecular formula is C24H29NO6S. The molecule has 0 radical (unpaired) electrons. The van der Waals surface area contributed by atoms with Crippen LogP contribution in [-0.2, 0) is 23.9 Å². The van der Waals surface area contributed by atoms with Crippen LogP contribution in [0.3, 0.4) is 0 Å². The lowest BCUT2D eigenvalue weighted by molar-refractivity contribution is -0.151. The molecule has 0 fully saturated rings. The van der Waals surface area contributed by atoms with Crippen LogP contribution in [0.15, 0.2) is 46.8 Å². The number of benzene rings is 1. The first-order valence-electron chi connectivity index (χ1n) is 10.7. The Balaban J connectivity index is 2.07. The van der Waals surface area contributed by atoms with Crippen LogP contribution in [0.1, 0.15) is 38.7 Å². The molecule has 1 aliphatic heterocycles. The SMILES string of the molecule is CCSCCOC(=O)C1=C(C)NC2=C(C(=O)[C@@H](C(=O)OC)[C@H](C)C2)[C@H]1c1cccc(O)c1. The van der Waals surface area contributed by atoms with Gasteiger partial charge in [-0.2, -0.15) is 11.8 Å². The molecule has 0 spiro atoms. The molecule has 0 amide bonds. The highest BCUT2D eigenvalue weighted by Crippen LogP contribution is 2.45. The van der Waals surface area contributed by atoms with Crippen molar-refractivity contribution in [3.05, 3.63) is 52.4 Å². The van der Waals surface area contributed by atoms with Crippen LogP contribution in [0.25, 0.3) is 0 Å². The van der Waals surface area contributed by atoms with Gasteiger partial charge in [-0.15, -0.1) is 0 Å². The van der Waals surface area contributed by atoms with Gasteiger partial charge in [0.05, 0.1) is 12.7 Å². The summed E-state index contributed by atoms with van der Waals surface area (Å²) in [6, 6.07) is 6.48. The third kappa shape index (κ3) is 4.70. The molecule has 0 bridgehead atoms. The van der Waals surface area contributed by atoms with Crippen LogP contribution >= 0.6 is 11.8 Å². The lowest BCUT2D eigenvalue weighted by atomic mass is 9.69. The van der Waals surface area contributed by atoms with E-state index in [4.69, 9.17) is 9.47 Å². The molecule has 3 rings (SSSR count). The van der Waals surface area contributed by atoms with Crippen molar-refractivity contribution in [2.45, 2.75) is 33.1 Å². The Morgan fingerprint density at radius 3 is 2.72 bits per heavy atom. The van der Waals surface area contributed by atoms with Crippen molar-refractivity contribution < 1.29 is 29.0 Å². The van der Waals surface area contributed by atoms with Gasteiger partial charge in [-0.25, -0.2) is 4.79 Å². The molecule has 1 aromatic carbocycles. The average Bonchev–Trinajstić information content (AvgIpc) is 2.75. The summed E-state index contributed by atoms with van der Waals surface area (Å²) in [5.41, 5.74) is 2.53. The summed E-state index contributed by atoms with van der Waals surface area (Å²) >= 11 is 1.66. The van der Waals surface area contributed by atoms with Crippen molar-refractivity contribution in [2.75, 3.05) is 25.2 Å². The lowest BCUT2D eigenvalue weighted by Crippen LogP contribution is -2.43. The maximum absolute atomic E-state index is 13.6. The summed E-state index contributed by atoms with van der Waals surface area (Å²) in [4.78, 5) is 39.1. The standard InChI is InChI=1S/C24H29NO6S/c1-5-32-10-9-31-24(29)19-14(3)25-17-11-13(2)18(23(28)30-4)22(27)21(17)20(19)15-7-6-8-16(26)12-15/h6-8,12-13,18,20,25-26H,5,9-11H2,1-4H3/t13-,18+,20+/m1/s1. The number of allylic oxidation sites excluding steroid dienone is 3. The van der Waals surface area contributed by atoms with Crippen LogP contribution < -0.4 is 5.32 Å². The number of esters is 2. The van der Waals surface area contributed by atoms with Crippen LogP contribution in [0.5, 0.6) is 5.75 Å². The molecule has 8 heteroatoms. The number of Topliss-reactive ketones (excluding diaryl/α,β-unsaturated/α-hetero) is 1. The number of ketones is 1. The molecule has 2 aliphatic rings. The van der Waals surface area contributed by atoms with E-state index in [1.165, 1.54) is 19.2 Å². The number of ether oxygens (including phenoxy) is 2. The second-order valence-corrected chi connectivity index (χ2v) is 9.36. The highest BCUT2D eigenvalue weighted by molar-refractivity contribution is 7.99. The molecule has 0 saturated heterocycles. The van der Waals surface area contributed by atoms with Crippen molar-refractivity contribution in [2.24, 2.45) is 11.8 Å². The van der Waals surface area contributed by atoms with E-state index in [2.05, 4.69) is 5.32 Å². The number of phenols is 1. The zero-order chi connectivity index (χ0) is 23.4. The number of rotatable bonds is 7. The van der Waals surface area contributed by atoms with Gasteiger partial charge >= 0.3 is 11.9 Å². The molecule has 32 heavy (non-hydrogen) atoms. The van der Waals surface area contributed by atoms with E-state index in [1.807, 2.05) is 13.8 Å². The number of carbonyl (C=O) groups is 3. The Kier molecular flexibility index (Phi) is 7.66. The van der Waals surface area contributed by atoms with Gasteiger partial charge in [0.2, 0.25) is 0 Å². The van der Waals surface area contributed by atoms with E-state index in [0.29, 0.717) is 40.3 Å². The zero-order valence-electron chi connectivity index (χ0n) is 18.8. The summed E-state index contributed by atoms with van der Waals surface area (Å²) in [6.45, 7) is 5.90. The van der Waals surface area contributed by atoms with Gasteiger partial charge in [-0.1, -0.05) is 26.0 Å². The van der Waals surface area contributed by atoms with Crippen molar-refractivity contribution >= 4 is 29.5 Å². The molecule has 172 valence electrons. The first-order chi connectivity index (χ1) is 15.3. The van der Waals surface area contributed by atoms with E-state index in [9.17, 15) is 19.5 Å². The van der Waals surface area contributed by atoms with Gasteiger partial charge in [0.25, 0.3) is 0 Å². The fourth-order valence-corrected chi connectivity index (χ4v) is 4.89. The number of phenolic OH excluding ortho intramolecular Hbond substituents is 1. The predicted molar refractivity (Wildman–Crippen MR) is 122 cm³/mol. The van der Waals surface area contributed by atoms with E-state index >= 15 is 0 Å². The number of methoxy groups -OCH3 is 1. The molecule has 2 N–H and O–H groups in total. The summed E-state index contributed by atoms with van der Waals surface area (Å²) in [6.07, 6.45) is 0.461. The number of hydrogen-bond donors (Lipinski definition) is 2. The first kappa shape index (κ1) is 23.9. The Hall–Kier alpha value is -2.74. The molecule has 1 aromatic rings. The van der Waals surface area contributed by atoms with Gasteiger partial charge in [0.15, 0.2) is 5.78 Å². The van der Waals surface area contributed by atoms with Gasteiger partial charge in [0.1, 0.15) is 18.3 Å². The van der Waals surface area contributed by atoms with E-state index in [-0.39, 0.29) is 24.1 Å². The van der Waals surface area contributed by atoms with Gasteiger partial charge in [-0.05, 0) is 42.7 Å². The molecule has 7 nitrogen and oxygen atoms in total. The Morgan fingerprint density at radius 1 is 1.31 bits per heavy atom. The number of nitrogens with one attached hydrogen (secondary N) is 1. The highest BCUT2D eigenvalue weighted by atomic mass is 32.2. The summed E-state index contributed by atoms with van der Waals surface area (Å²) in [5.74, 6) is -1.81. The fraction of sp³-hybridized carbons (Fsp3) is 0.458. The lowest BCUT2D eigenvalue weighted by Gasteiger charge is -2.38. The van der Waals surface area contributed by atoms with Crippen LogP contribution in [0, 0.1) is 11.8 Å². The summed E-state index contributed by atoms with van der Waals surface area (Å²) in [7, 11) is 1.26. The number of dihydropyridines is 1. The monoisotopic (exact) mass is 459 g/mol. The number of carbonyl (C=O) groups excluding carboxylic acids is 3. The average molecular weight is 460 g/mol. The molecule has 1 heterocycles. The van der Waals surface area contributed by atoms with E-state index in [1.54, 1.807) is 30.8 Å². The second-order valence-electron chi connectivity index (χ2n) is 7.96. The molecular weight excluding hydrogens is 430 g/mol. The number of hydrogen-bond acceptors (Lipinski definition) is 8. The Labute approximate surface area is 192 Å². The minimum absolute atomic E-state index is 0.0223. The largest absolute Gasteiger partial charge is 0.508 e. The first-order valence-corrected chi connectivity index (χ1v) is 11.8. The fourth-order valence-electron chi connectivity index (χ4n) is 4.40. The Bertz CT molecular complexity index is 982. The van der Waals surface area contributed by atoms with E-state index < -0.39 is 23.8 Å². The quantitative estimate of drug-likeness (QED) is 0.364. The van der Waals surface area contributed by atoms with Crippen LogP contribution in [0.4, 0.5) is 0 Å². The molecule has 3 atom stereocenters. The third-order valence-electron chi connectivity index (χ3n) is 5.83. The van der Waals surface area contributed by atoms with Crippen molar-refractivity contribution in [3.8, 4) is 5.75 Å². The molecule has 0 unspecified atom stereocenters. The molecule has 1 aliphatic carbocycles. The van der Waals surface area contributed by atoms with E-state index in [0.717, 1.165) is 5.75 Å². The Morgan fingerprint density at radius 2 is 2.06 bits per heavy atom. The van der Waals surface area contributed by atoms with Crippen molar-refractivity contribution in [3.63, 3.8) is 0 Å². The van der Waals surface area contributed by atoms with Crippen molar-refractivity contribution in [1.29, 1.82) is 0 Å². The normalized spacial score (nSPS) is 22.9. The minimum atomic E-state index is -0.947. The van der Waals surface area contributed by atoms with Gasteiger partial charge in [0, 0.05) is 28.6 Å². The van der Waals surface area contributed by atoms with Gasteiger partial charge < -0.3 is 19.9 Å². The second kappa shape index (κ2) is 10.3. The molecule has 0 aromatic heterocycles. The van der Waals surface area contributed by atoms with Gasteiger partial charge in [-0.3, -0.25) is 9.59 Å². The minimum Gasteiger partial charge on any atom is -0.508 e. The topological polar surface area (TPSA) is 102 Å². The maximum Gasteiger partial charge on any atom is 0.336 e. The highest BCUT2D eigenvalue weighted by Gasteiger charge is 2.47. The summed E-state index contributed by atoms with van der Waals surface area (Å²) < 4.78 is 10.4.